The van der Waals surface area contributed by atoms with Gasteiger partial charge in [0.25, 0.3) is 0 Å². The summed E-state index contributed by atoms with van der Waals surface area (Å²) in [6.45, 7) is 0. The Morgan fingerprint density at radius 1 is 1.24 bits per heavy atom. The zero-order valence-corrected chi connectivity index (χ0v) is 10.6. The Morgan fingerprint density at radius 2 is 2.00 bits per heavy atom. The molecule has 17 heavy (non-hydrogen) atoms. The molecule has 1 aromatic heterocycles. The van der Waals surface area contributed by atoms with E-state index in [0.29, 0.717) is 5.75 Å². The van der Waals surface area contributed by atoms with Crippen molar-refractivity contribution in [2.45, 2.75) is 5.75 Å². The van der Waals surface area contributed by atoms with Crippen molar-refractivity contribution >= 4 is 28.6 Å². The maximum Gasteiger partial charge on any atom is 0.135 e. The van der Waals surface area contributed by atoms with Crippen molar-refractivity contribution in [2.75, 3.05) is 0 Å². The Bertz CT molecular complexity index is 477. The third-order valence-electron chi connectivity index (χ3n) is 2.15. The van der Waals surface area contributed by atoms with Crippen molar-refractivity contribution in [3.63, 3.8) is 0 Å². The summed E-state index contributed by atoms with van der Waals surface area (Å²) in [7, 11) is 0. The second-order valence-electron chi connectivity index (χ2n) is 3.47. The minimum atomic E-state index is -1.06. The molecule has 1 heterocycles. The van der Waals surface area contributed by atoms with E-state index < -0.39 is 11.2 Å². The van der Waals surface area contributed by atoms with Crippen LogP contribution in [0.5, 0.6) is 0 Å². The van der Waals surface area contributed by atoms with Crippen molar-refractivity contribution in [2.24, 2.45) is 0 Å². The van der Waals surface area contributed by atoms with Crippen molar-refractivity contribution in [3.05, 3.63) is 63.4 Å². The van der Waals surface area contributed by atoms with E-state index in [1.807, 2.05) is 23.6 Å². The lowest BCUT2D eigenvalue weighted by molar-refractivity contribution is 0.602. The average molecular weight is 266 g/mol. The zero-order chi connectivity index (χ0) is 12.1. The van der Waals surface area contributed by atoms with Crippen LogP contribution in [0, 0.1) is 5.82 Å². The molecule has 0 spiro atoms. The summed E-state index contributed by atoms with van der Waals surface area (Å²) < 4.78 is 24.4. The third-order valence-corrected chi connectivity index (χ3v) is 4.04. The first-order chi connectivity index (χ1) is 8.24. The first kappa shape index (κ1) is 12.4. The molecule has 0 saturated carbocycles. The smallest absolute Gasteiger partial charge is 0.135 e. The maximum absolute atomic E-state index is 12.7. The zero-order valence-electron chi connectivity index (χ0n) is 9.01. The summed E-state index contributed by atoms with van der Waals surface area (Å²) in [5, 5.41) is 3.65. The van der Waals surface area contributed by atoms with Crippen molar-refractivity contribution in [1.29, 1.82) is 0 Å². The molecule has 0 saturated heterocycles. The van der Waals surface area contributed by atoms with Crippen LogP contribution >= 0.6 is 11.3 Å². The van der Waals surface area contributed by atoms with E-state index in [-0.39, 0.29) is 5.82 Å². The Kier molecular flexibility index (Phi) is 4.36. The standard InChI is InChI=1S/C13H11FOS2/c14-12-5-3-11(4-6-12)10-17(15)9-7-13-2-1-8-16-13/h1-9H,10H2. The molecule has 0 bridgehead atoms. The predicted molar refractivity (Wildman–Crippen MR) is 71.6 cm³/mol. The highest BCUT2D eigenvalue weighted by atomic mass is 32.2. The largest absolute Gasteiger partial charge is 0.612 e. The molecular weight excluding hydrogens is 255 g/mol. The number of thiophene rings is 1. The minimum Gasteiger partial charge on any atom is -0.612 e. The van der Waals surface area contributed by atoms with Crippen LogP contribution in [-0.2, 0) is 16.9 Å². The first-order valence-electron chi connectivity index (χ1n) is 5.07. The topological polar surface area (TPSA) is 23.1 Å². The summed E-state index contributed by atoms with van der Waals surface area (Å²) in [6.07, 6.45) is 1.85. The molecule has 1 atom stereocenters. The Labute approximate surface area is 107 Å². The van der Waals surface area contributed by atoms with E-state index in [1.165, 1.54) is 12.1 Å². The van der Waals surface area contributed by atoms with Crippen molar-refractivity contribution in [3.8, 4) is 0 Å². The van der Waals surface area contributed by atoms with Crippen LogP contribution in [0.15, 0.2) is 47.2 Å². The van der Waals surface area contributed by atoms with Gasteiger partial charge in [0.05, 0.1) is 0 Å². The molecule has 4 heteroatoms. The van der Waals surface area contributed by atoms with E-state index in [0.717, 1.165) is 10.4 Å². The molecule has 0 amide bonds. The lowest BCUT2D eigenvalue weighted by atomic mass is 10.2. The van der Waals surface area contributed by atoms with E-state index in [9.17, 15) is 8.94 Å². The second-order valence-corrected chi connectivity index (χ2v) is 5.77. The number of hydrogen-bond acceptors (Lipinski definition) is 2. The number of hydrogen-bond donors (Lipinski definition) is 0. The van der Waals surface area contributed by atoms with Crippen LogP contribution < -0.4 is 0 Å². The van der Waals surface area contributed by atoms with Gasteiger partial charge in [-0.1, -0.05) is 18.2 Å². The third kappa shape index (κ3) is 4.00. The number of rotatable bonds is 4. The highest BCUT2D eigenvalue weighted by Crippen LogP contribution is 2.14. The monoisotopic (exact) mass is 266 g/mol. The SMILES string of the molecule is [O-][S+](C=Cc1cccs1)Cc1ccc(F)cc1. The van der Waals surface area contributed by atoms with Gasteiger partial charge in [-0.05, 0) is 34.8 Å². The summed E-state index contributed by atoms with van der Waals surface area (Å²) in [5.41, 5.74) is 0.876. The van der Waals surface area contributed by atoms with Crippen LogP contribution in [-0.4, -0.2) is 4.55 Å². The fourth-order valence-corrected chi connectivity index (χ4v) is 2.94. The van der Waals surface area contributed by atoms with Gasteiger partial charge in [0.15, 0.2) is 0 Å². The van der Waals surface area contributed by atoms with Crippen molar-refractivity contribution < 1.29 is 8.94 Å². The summed E-state index contributed by atoms with van der Waals surface area (Å²) >= 11 is 0.544. The molecule has 0 aliphatic carbocycles. The molecule has 0 N–H and O–H groups in total. The molecule has 0 aliphatic rings. The Balaban J connectivity index is 1.93. The second kappa shape index (κ2) is 6.00. The highest BCUT2D eigenvalue weighted by molar-refractivity contribution is 7.93. The molecule has 1 nitrogen and oxygen atoms in total. The van der Waals surface area contributed by atoms with Gasteiger partial charge in [-0.3, -0.25) is 0 Å². The normalized spacial score (nSPS) is 13.1. The quantitative estimate of drug-likeness (QED) is 0.772. The fraction of sp³-hybridized carbons (Fsp3) is 0.0769. The van der Waals surface area contributed by atoms with Crippen LogP contribution in [0.2, 0.25) is 0 Å². The van der Waals surface area contributed by atoms with Crippen LogP contribution in [0.3, 0.4) is 0 Å². The number of benzene rings is 1. The van der Waals surface area contributed by atoms with Gasteiger partial charge in [-0.15, -0.1) is 11.3 Å². The van der Waals surface area contributed by atoms with Crippen LogP contribution in [0.1, 0.15) is 10.4 Å². The van der Waals surface area contributed by atoms with Gasteiger partial charge in [0, 0.05) is 16.5 Å². The maximum atomic E-state index is 12.7. The Morgan fingerprint density at radius 3 is 2.65 bits per heavy atom. The molecule has 2 rings (SSSR count). The molecule has 2 aromatic rings. The molecule has 0 radical (unpaired) electrons. The first-order valence-corrected chi connectivity index (χ1v) is 7.33. The molecular formula is C13H11FOS2. The van der Waals surface area contributed by atoms with Crippen LogP contribution in [0.25, 0.3) is 6.08 Å². The van der Waals surface area contributed by atoms with Gasteiger partial charge in [0.2, 0.25) is 0 Å². The number of halogens is 1. The van der Waals surface area contributed by atoms with Gasteiger partial charge in [-0.25, -0.2) is 4.39 Å². The summed E-state index contributed by atoms with van der Waals surface area (Å²) in [5.74, 6) is 0.149. The van der Waals surface area contributed by atoms with Crippen molar-refractivity contribution in [1.82, 2.24) is 0 Å². The molecule has 1 aromatic carbocycles. The van der Waals surface area contributed by atoms with E-state index in [4.69, 9.17) is 0 Å². The molecule has 0 aliphatic heterocycles. The average Bonchev–Trinajstić information content (AvgIpc) is 2.83. The highest BCUT2D eigenvalue weighted by Gasteiger charge is 2.04. The Hall–Kier alpha value is -1.10. The van der Waals surface area contributed by atoms with E-state index >= 15 is 0 Å². The summed E-state index contributed by atoms with van der Waals surface area (Å²) in [6, 6.07) is 10.0. The summed E-state index contributed by atoms with van der Waals surface area (Å²) in [4.78, 5) is 1.08. The van der Waals surface area contributed by atoms with E-state index in [1.54, 1.807) is 28.9 Å². The van der Waals surface area contributed by atoms with Gasteiger partial charge in [0.1, 0.15) is 17.0 Å². The predicted octanol–water partition coefficient (Wildman–Crippen LogP) is 3.81. The van der Waals surface area contributed by atoms with Gasteiger partial charge >= 0.3 is 0 Å². The molecule has 0 fully saturated rings. The lowest BCUT2D eigenvalue weighted by Gasteiger charge is -2.05. The minimum absolute atomic E-state index is 0.270. The molecule has 88 valence electrons. The molecule has 1 unspecified atom stereocenters. The van der Waals surface area contributed by atoms with Crippen LogP contribution in [0.4, 0.5) is 4.39 Å². The van der Waals surface area contributed by atoms with Gasteiger partial charge in [-0.2, -0.15) is 0 Å². The van der Waals surface area contributed by atoms with E-state index in [2.05, 4.69) is 0 Å². The lowest BCUT2D eigenvalue weighted by Crippen LogP contribution is -1.99. The van der Waals surface area contributed by atoms with Gasteiger partial charge < -0.3 is 4.55 Å². The fourth-order valence-electron chi connectivity index (χ4n) is 1.32.